The largest absolute Gasteiger partial charge is 0.493 e. The van der Waals surface area contributed by atoms with Gasteiger partial charge >= 0.3 is 0 Å². The summed E-state index contributed by atoms with van der Waals surface area (Å²) in [6, 6.07) is 7.78. The van der Waals surface area contributed by atoms with Crippen molar-refractivity contribution in [2.75, 3.05) is 32.8 Å². The van der Waals surface area contributed by atoms with E-state index < -0.39 is 23.2 Å². The smallest absolute Gasteiger partial charge is 0.255 e. The highest BCUT2D eigenvalue weighted by molar-refractivity contribution is 6.04. The lowest BCUT2D eigenvalue weighted by Crippen LogP contribution is -2.15. The lowest BCUT2D eigenvalue weighted by molar-refractivity contribution is 0.102. The minimum atomic E-state index is -0.853. The van der Waals surface area contributed by atoms with Crippen LogP contribution in [0, 0.1) is 11.6 Å². The summed E-state index contributed by atoms with van der Waals surface area (Å²) in [6.07, 6.45) is 0. The summed E-state index contributed by atoms with van der Waals surface area (Å²) >= 11 is 0. The number of benzene rings is 2. The zero-order valence-electron chi connectivity index (χ0n) is 13.3. The van der Waals surface area contributed by atoms with Crippen molar-refractivity contribution in [1.29, 1.82) is 0 Å². The maximum absolute atomic E-state index is 13.6. The molecule has 0 aliphatic carbocycles. The number of hydrogen-bond donors (Lipinski definition) is 1. The van der Waals surface area contributed by atoms with E-state index in [0.29, 0.717) is 18.1 Å². The molecule has 0 fully saturated rings. The summed E-state index contributed by atoms with van der Waals surface area (Å²) in [4.78, 5) is 12.2. The topological polar surface area (TPSA) is 56.8 Å². The quantitative estimate of drug-likeness (QED) is 0.788. The summed E-state index contributed by atoms with van der Waals surface area (Å²) in [5.41, 5.74) is -0.328. The summed E-state index contributed by atoms with van der Waals surface area (Å²) in [5, 5.41) is 2.22. The minimum Gasteiger partial charge on any atom is -0.493 e. The second-order valence-corrected chi connectivity index (χ2v) is 4.76. The highest BCUT2D eigenvalue weighted by Gasteiger charge is 2.15. The van der Waals surface area contributed by atoms with Gasteiger partial charge in [0.05, 0.1) is 13.7 Å². The Labute approximate surface area is 138 Å². The van der Waals surface area contributed by atoms with Crippen LogP contribution < -0.4 is 14.8 Å². The molecule has 0 aliphatic rings. The van der Waals surface area contributed by atoms with Gasteiger partial charge in [0.1, 0.15) is 23.9 Å². The van der Waals surface area contributed by atoms with Crippen LogP contribution >= 0.6 is 0 Å². The highest BCUT2D eigenvalue weighted by atomic mass is 19.1. The van der Waals surface area contributed by atoms with Crippen LogP contribution in [0.3, 0.4) is 0 Å². The van der Waals surface area contributed by atoms with Crippen molar-refractivity contribution in [2.24, 2.45) is 0 Å². The number of methoxy groups -OCH3 is 2. The average molecular weight is 337 g/mol. The van der Waals surface area contributed by atoms with Gasteiger partial charge in [-0.15, -0.1) is 0 Å². The Hall–Kier alpha value is -2.67. The van der Waals surface area contributed by atoms with E-state index in [2.05, 4.69) is 5.32 Å². The Balaban J connectivity index is 2.21. The van der Waals surface area contributed by atoms with Crippen molar-refractivity contribution in [3.05, 3.63) is 53.6 Å². The summed E-state index contributed by atoms with van der Waals surface area (Å²) in [7, 11) is 3.00. The molecule has 0 saturated carbocycles. The molecule has 128 valence electrons. The number of carbonyl (C=O) groups is 1. The Kier molecular flexibility index (Phi) is 6.08. The molecular formula is C17H17F2NO4. The Morgan fingerprint density at radius 3 is 2.38 bits per heavy atom. The van der Waals surface area contributed by atoms with Gasteiger partial charge in [0.2, 0.25) is 0 Å². The fourth-order valence-corrected chi connectivity index (χ4v) is 1.97. The second-order valence-electron chi connectivity index (χ2n) is 4.76. The maximum atomic E-state index is 13.6. The number of ether oxygens (including phenoxy) is 3. The molecule has 0 atom stereocenters. The number of rotatable bonds is 7. The number of carbonyl (C=O) groups excluding carboxylic acids is 1. The van der Waals surface area contributed by atoms with Crippen LogP contribution in [-0.4, -0.2) is 33.3 Å². The van der Waals surface area contributed by atoms with Gasteiger partial charge < -0.3 is 19.5 Å². The third-order valence-electron chi connectivity index (χ3n) is 3.17. The van der Waals surface area contributed by atoms with Crippen LogP contribution in [0.4, 0.5) is 14.5 Å². The first-order chi connectivity index (χ1) is 11.6. The van der Waals surface area contributed by atoms with E-state index in [1.165, 1.54) is 38.5 Å². The van der Waals surface area contributed by atoms with Crippen LogP contribution in [0.2, 0.25) is 0 Å². The van der Waals surface area contributed by atoms with E-state index in [0.717, 1.165) is 12.1 Å². The van der Waals surface area contributed by atoms with Gasteiger partial charge in [-0.05, 0) is 30.3 Å². The molecule has 0 aromatic heterocycles. The number of anilines is 1. The van der Waals surface area contributed by atoms with Gasteiger partial charge in [0, 0.05) is 12.7 Å². The number of hydrogen-bond acceptors (Lipinski definition) is 4. The normalized spacial score (nSPS) is 10.3. The van der Waals surface area contributed by atoms with Crippen molar-refractivity contribution in [3.63, 3.8) is 0 Å². The first kappa shape index (κ1) is 17.7. The molecule has 1 N–H and O–H groups in total. The Bertz CT molecular complexity index is 701. The molecule has 7 heteroatoms. The third-order valence-corrected chi connectivity index (χ3v) is 3.17. The van der Waals surface area contributed by atoms with E-state index in [-0.39, 0.29) is 12.2 Å². The molecule has 2 rings (SSSR count). The maximum Gasteiger partial charge on any atom is 0.255 e. The van der Waals surface area contributed by atoms with Gasteiger partial charge in [-0.2, -0.15) is 0 Å². The average Bonchev–Trinajstić information content (AvgIpc) is 2.58. The van der Waals surface area contributed by atoms with Crippen molar-refractivity contribution >= 4 is 11.6 Å². The molecule has 0 radical (unpaired) electrons. The third kappa shape index (κ3) is 4.20. The molecule has 0 spiro atoms. The number of nitrogens with one attached hydrogen (secondary N) is 1. The minimum absolute atomic E-state index is 0.172. The van der Waals surface area contributed by atoms with Gasteiger partial charge in [-0.25, -0.2) is 8.78 Å². The summed E-state index contributed by atoms with van der Waals surface area (Å²) < 4.78 is 42.8. The first-order valence-corrected chi connectivity index (χ1v) is 7.12. The molecule has 2 aromatic rings. The Morgan fingerprint density at radius 1 is 1.04 bits per heavy atom. The molecule has 1 amide bonds. The van der Waals surface area contributed by atoms with Crippen LogP contribution in [0.1, 0.15) is 10.4 Å². The first-order valence-electron chi connectivity index (χ1n) is 7.12. The monoisotopic (exact) mass is 337 g/mol. The summed E-state index contributed by atoms with van der Waals surface area (Å²) in [5.74, 6) is -1.61. The van der Waals surface area contributed by atoms with Crippen LogP contribution in [0.5, 0.6) is 11.5 Å². The second kappa shape index (κ2) is 8.26. The van der Waals surface area contributed by atoms with Crippen LogP contribution in [0.25, 0.3) is 0 Å². The van der Waals surface area contributed by atoms with Crippen molar-refractivity contribution < 1.29 is 27.8 Å². The number of amides is 1. The van der Waals surface area contributed by atoms with Crippen LogP contribution in [0.15, 0.2) is 36.4 Å². The Morgan fingerprint density at radius 2 is 1.75 bits per heavy atom. The number of halogens is 2. The lowest BCUT2D eigenvalue weighted by Gasteiger charge is -2.12. The molecule has 0 heterocycles. The van der Waals surface area contributed by atoms with E-state index in [4.69, 9.17) is 14.2 Å². The van der Waals surface area contributed by atoms with E-state index in [1.807, 2.05) is 0 Å². The predicted octanol–water partition coefficient (Wildman–Crippen LogP) is 3.25. The molecule has 0 aliphatic heterocycles. The molecule has 5 nitrogen and oxygen atoms in total. The van der Waals surface area contributed by atoms with Crippen molar-refractivity contribution in [1.82, 2.24) is 0 Å². The number of para-hydroxylation sites is 1. The highest BCUT2D eigenvalue weighted by Crippen LogP contribution is 2.28. The van der Waals surface area contributed by atoms with E-state index in [1.54, 1.807) is 0 Å². The zero-order valence-corrected chi connectivity index (χ0v) is 13.3. The van der Waals surface area contributed by atoms with Gasteiger partial charge in [-0.3, -0.25) is 4.79 Å². The SMILES string of the molecule is COCCOc1cc(C(=O)Nc2c(F)cccc2F)ccc1OC. The molecule has 0 saturated heterocycles. The van der Waals surface area contributed by atoms with Crippen molar-refractivity contribution in [2.45, 2.75) is 0 Å². The molecule has 0 unspecified atom stereocenters. The summed E-state index contributed by atoms with van der Waals surface area (Å²) in [6.45, 7) is 0.625. The molecule has 2 aromatic carbocycles. The fourth-order valence-electron chi connectivity index (χ4n) is 1.97. The zero-order chi connectivity index (χ0) is 17.5. The predicted molar refractivity (Wildman–Crippen MR) is 84.7 cm³/mol. The van der Waals surface area contributed by atoms with Gasteiger partial charge in [0.15, 0.2) is 11.5 Å². The molecule has 24 heavy (non-hydrogen) atoms. The lowest BCUT2D eigenvalue weighted by atomic mass is 10.1. The van der Waals surface area contributed by atoms with E-state index >= 15 is 0 Å². The van der Waals surface area contributed by atoms with Gasteiger partial charge in [-0.1, -0.05) is 6.07 Å². The fraction of sp³-hybridized carbons (Fsp3) is 0.235. The molecule has 0 bridgehead atoms. The van der Waals surface area contributed by atoms with E-state index in [9.17, 15) is 13.6 Å². The van der Waals surface area contributed by atoms with Gasteiger partial charge in [0.25, 0.3) is 5.91 Å². The van der Waals surface area contributed by atoms with Crippen molar-refractivity contribution in [3.8, 4) is 11.5 Å². The van der Waals surface area contributed by atoms with Crippen LogP contribution in [-0.2, 0) is 4.74 Å². The molecular weight excluding hydrogens is 320 g/mol. The standard InChI is InChI=1S/C17H17F2NO4/c1-22-8-9-24-15-10-11(6-7-14(15)23-2)17(21)20-16-12(18)4-3-5-13(16)19/h3-7,10H,8-9H2,1-2H3,(H,20,21).